The van der Waals surface area contributed by atoms with Crippen molar-refractivity contribution in [1.29, 1.82) is 0 Å². The van der Waals surface area contributed by atoms with E-state index in [0.29, 0.717) is 21.5 Å². The molecule has 2 N–H and O–H groups in total. The lowest BCUT2D eigenvalue weighted by Crippen LogP contribution is -2.73. The van der Waals surface area contributed by atoms with Crippen molar-refractivity contribution < 1.29 is 19.1 Å². The Kier molecular flexibility index (Phi) is 6.30. The summed E-state index contributed by atoms with van der Waals surface area (Å²) in [6.45, 7) is -0.116. The Labute approximate surface area is 191 Å². The van der Waals surface area contributed by atoms with Crippen molar-refractivity contribution in [3.8, 4) is 11.5 Å². The summed E-state index contributed by atoms with van der Waals surface area (Å²) in [4.78, 5) is 24.8. The molecule has 8 heteroatoms. The zero-order chi connectivity index (χ0) is 21.9. The molecule has 2 aromatic rings. The van der Waals surface area contributed by atoms with Gasteiger partial charge in [0.25, 0.3) is 11.8 Å². The molecule has 5 rings (SSSR count). The zero-order valence-corrected chi connectivity index (χ0v) is 18.5. The van der Waals surface area contributed by atoms with E-state index in [1.54, 1.807) is 48.5 Å². The first kappa shape index (κ1) is 21.8. The minimum absolute atomic E-state index is 0.0579. The molecule has 2 aromatic carbocycles. The smallest absolute Gasteiger partial charge is 0.258 e. The van der Waals surface area contributed by atoms with Gasteiger partial charge in [0.1, 0.15) is 11.5 Å². The molecule has 3 fully saturated rings. The summed E-state index contributed by atoms with van der Waals surface area (Å²) in [7, 11) is 0. The molecule has 31 heavy (non-hydrogen) atoms. The number of nitrogens with one attached hydrogen (secondary N) is 2. The predicted molar refractivity (Wildman–Crippen MR) is 119 cm³/mol. The van der Waals surface area contributed by atoms with E-state index in [1.807, 2.05) is 0 Å². The third-order valence-corrected chi connectivity index (χ3v) is 6.34. The number of amides is 2. The maximum absolute atomic E-state index is 12.4. The van der Waals surface area contributed by atoms with Gasteiger partial charge < -0.3 is 20.1 Å². The van der Waals surface area contributed by atoms with E-state index in [-0.39, 0.29) is 36.1 Å². The summed E-state index contributed by atoms with van der Waals surface area (Å²) in [5.41, 5.74) is -0.550. The molecular formula is C23H24Cl2N2O4. The second-order valence-corrected chi connectivity index (χ2v) is 9.22. The standard InChI is InChI=1S/C23H24Cl2N2O4/c24-16-2-6-18(7-3-16)30-12-20(28)26-22-10-1-11-23(14-22,15-22)27-21(29)13-31-19-8-4-17(25)5-9-19/h2-9H,1,10-15H2,(H,26,28)(H,27,29). The number of halogens is 2. The van der Waals surface area contributed by atoms with Crippen LogP contribution in [0.5, 0.6) is 11.5 Å². The van der Waals surface area contributed by atoms with Crippen molar-refractivity contribution in [3.63, 3.8) is 0 Å². The summed E-state index contributed by atoms with van der Waals surface area (Å²) in [6, 6.07) is 13.8. The Morgan fingerprint density at radius 1 is 0.742 bits per heavy atom. The molecule has 0 unspecified atom stereocenters. The van der Waals surface area contributed by atoms with Gasteiger partial charge in [-0.15, -0.1) is 0 Å². The molecule has 3 aliphatic rings. The van der Waals surface area contributed by atoms with Gasteiger partial charge in [-0.25, -0.2) is 0 Å². The van der Waals surface area contributed by atoms with E-state index in [4.69, 9.17) is 32.7 Å². The first-order valence-electron chi connectivity index (χ1n) is 10.2. The normalized spacial score (nSPS) is 23.9. The molecule has 3 aliphatic carbocycles. The molecule has 0 aromatic heterocycles. The fourth-order valence-electron chi connectivity index (χ4n) is 4.69. The average Bonchev–Trinajstić information content (AvgIpc) is 2.72. The van der Waals surface area contributed by atoms with Crippen LogP contribution in [-0.4, -0.2) is 36.1 Å². The molecule has 0 radical (unpaired) electrons. The molecule has 0 spiro atoms. The molecular weight excluding hydrogens is 439 g/mol. The number of hydrogen-bond donors (Lipinski definition) is 2. The van der Waals surface area contributed by atoms with E-state index in [9.17, 15) is 9.59 Å². The number of fused-ring (bicyclic) bond motifs is 2. The Hall–Kier alpha value is -2.44. The molecule has 164 valence electrons. The highest BCUT2D eigenvalue weighted by atomic mass is 35.5. The van der Waals surface area contributed by atoms with E-state index in [1.165, 1.54) is 0 Å². The topological polar surface area (TPSA) is 76.7 Å². The summed E-state index contributed by atoms with van der Waals surface area (Å²) in [5, 5.41) is 7.47. The maximum atomic E-state index is 12.4. The first-order valence-corrected chi connectivity index (χ1v) is 11.0. The van der Waals surface area contributed by atoms with Crippen LogP contribution in [0.25, 0.3) is 0 Å². The van der Waals surface area contributed by atoms with Gasteiger partial charge in [-0.05, 0) is 80.6 Å². The number of hydrogen-bond acceptors (Lipinski definition) is 4. The summed E-state index contributed by atoms with van der Waals surface area (Å²) < 4.78 is 11.1. The van der Waals surface area contributed by atoms with Gasteiger partial charge in [0.05, 0.1) is 0 Å². The van der Waals surface area contributed by atoms with Crippen molar-refractivity contribution in [2.45, 2.75) is 43.2 Å². The largest absolute Gasteiger partial charge is 0.484 e. The molecule has 0 atom stereocenters. The van der Waals surface area contributed by atoms with Crippen LogP contribution in [0, 0.1) is 0 Å². The van der Waals surface area contributed by atoms with Crippen LogP contribution in [0.2, 0.25) is 10.0 Å². The highest BCUT2D eigenvalue weighted by molar-refractivity contribution is 6.30. The lowest BCUT2D eigenvalue weighted by molar-refractivity contribution is -0.134. The summed E-state index contributed by atoms with van der Waals surface area (Å²) in [6.07, 6.45) is 4.19. The van der Waals surface area contributed by atoms with E-state index in [2.05, 4.69) is 10.6 Å². The van der Waals surface area contributed by atoms with Crippen LogP contribution in [-0.2, 0) is 9.59 Å². The fourth-order valence-corrected chi connectivity index (χ4v) is 4.94. The third kappa shape index (κ3) is 5.43. The summed E-state index contributed by atoms with van der Waals surface area (Å²) >= 11 is 11.7. The van der Waals surface area contributed by atoms with Crippen LogP contribution < -0.4 is 20.1 Å². The van der Waals surface area contributed by atoms with Gasteiger partial charge in [-0.2, -0.15) is 0 Å². The van der Waals surface area contributed by atoms with Crippen LogP contribution in [0.1, 0.15) is 32.1 Å². The number of ether oxygens (including phenoxy) is 2. The lowest BCUT2D eigenvalue weighted by atomic mass is 9.54. The van der Waals surface area contributed by atoms with Gasteiger partial charge >= 0.3 is 0 Å². The average molecular weight is 463 g/mol. The third-order valence-electron chi connectivity index (χ3n) is 5.84. The van der Waals surface area contributed by atoms with Crippen molar-refractivity contribution in [2.24, 2.45) is 0 Å². The van der Waals surface area contributed by atoms with Crippen LogP contribution in [0.3, 0.4) is 0 Å². The van der Waals surface area contributed by atoms with Crippen LogP contribution in [0.4, 0.5) is 0 Å². The van der Waals surface area contributed by atoms with Gasteiger partial charge in [-0.3, -0.25) is 9.59 Å². The molecule has 0 aliphatic heterocycles. The Bertz CT molecular complexity index is 866. The highest BCUT2D eigenvalue weighted by Gasteiger charge is 2.58. The minimum atomic E-state index is -0.275. The van der Waals surface area contributed by atoms with Crippen molar-refractivity contribution in [1.82, 2.24) is 10.6 Å². The number of carbonyl (C=O) groups excluding carboxylic acids is 2. The van der Waals surface area contributed by atoms with Gasteiger partial charge in [0.15, 0.2) is 13.2 Å². The van der Waals surface area contributed by atoms with E-state index >= 15 is 0 Å². The van der Waals surface area contributed by atoms with Crippen molar-refractivity contribution in [2.75, 3.05) is 13.2 Å². The molecule has 3 saturated carbocycles. The van der Waals surface area contributed by atoms with Crippen molar-refractivity contribution >= 4 is 35.0 Å². The Morgan fingerprint density at radius 3 is 1.52 bits per heavy atom. The quantitative estimate of drug-likeness (QED) is 0.617. The number of rotatable bonds is 8. The van der Waals surface area contributed by atoms with Gasteiger partial charge in [0.2, 0.25) is 0 Å². The lowest BCUT2D eigenvalue weighted by Gasteiger charge is -2.60. The number of benzene rings is 2. The fraction of sp³-hybridized carbons (Fsp3) is 0.391. The molecule has 0 heterocycles. The first-order chi connectivity index (χ1) is 14.9. The van der Waals surface area contributed by atoms with E-state index < -0.39 is 0 Å². The molecule has 6 nitrogen and oxygen atoms in total. The molecule has 0 saturated heterocycles. The van der Waals surface area contributed by atoms with E-state index in [0.717, 1.165) is 32.1 Å². The SMILES string of the molecule is O=C(COc1ccc(Cl)cc1)NC12CCCC(NC(=O)COc3ccc(Cl)cc3)(C1)C2. The van der Waals surface area contributed by atoms with Gasteiger partial charge in [-0.1, -0.05) is 23.2 Å². The Balaban J connectivity index is 1.23. The minimum Gasteiger partial charge on any atom is -0.484 e. The second-order valence-electron chi connectivity index (χ2n) is 8.35. The molecule has 2 amide bonds. The van der Waals surface area contributed by atoms with Gasteiger partial charge in [0, 0.05) is 21.1 Å². The molecule has 2 bridgehead atoms. The monoisotopic (exact) mass is 462 g/mol. The van der Waals surface area contributed by atoms with Crippen LogP contribution in [0.15, 0.2) is 48.5 Å². The van der Waals surface area contributed by atoms with Crippen molar-refractivity contribution in [3.05, 3.63) is 58.6 Å². The maximum Gasteiger partial charge on any atom is 0.258 e. The van der Waals surface area contributed by atoms with Crippen LogP contribution >= 0.6 is 23.2 Å². The highest BCUT2D eigenvalue weighted by Crippen LogP contribution is 2.52. The summed E-state index contributed by atoms with van der Waals surface area (Å²) in [5.74, 6) is 0.860. The second kappa shape index (κ2) is 8.97. The number of carbonyl (C=O) groups is 2. The zero-order valence-electron chi connectivity index (χ0n) is 17.0. The Morgan fingerprint density at radius 2 is 1.13 bits per heavy atom. The predicted octanol–water partition coefficient (Wildman–Crippen LogP) is 4.14.